The van der Waals surface area contributed by atoms with Crippen molar-refractivity contribution in [2.45, 2.75) is 104 Å². The molecule has 0 radical (unpaired) electrons. The Morgan fingerprint density at radius 3 is 1.37 bits per heavy atom. The van der Waals surface area contributed by atoms with Crippen molar-refractivity contribution in [3.05, 3.63) is 78.4 Å². The number of unbranched alkanes of at least 4 members (excludes halogenated alkanes) is 12. The van der Waals surface area contributed by atoms with Gasteiger partial charge in [-0.05, 0) is 85.6 Å². The predicted octanol–water partition coefficient (Wildman–Crippen LogP) is 11.6. The Balaban J connectivity index is 1.29. The Bertz CT molecular complexity index is 1170. The first kappa shape index (κ1) is 33.8. The molecule has 0 aromatic heterocycles. The minimum atomic E-state index is -0.414. The molecule has 3 aromatic rings. The lowest BCUT2D eigenvalue weighted by Gasteiger charge is -2.08. The fourth-order valence-corrected chi connectivity index (χ4v) is 4.63. The van der Waals surface area contributed by atoms with Crippen LogP contribution in [-0.4, -0.2) is 19.2 Å². The van der Waals surface area contributed by atoms with Crippen molar-refractivity contribution in [2.24, 2.45) is 10.2 Å². The van der Waals surface area contributed by atoms with Gasteiger partial charge in [-0.3, -0.25) is 0 Å². The second-order valence-electron chi connectivity index (χ2n) is 11.0. The Hall–Kier alpha value is -3.67. The smallest absolute Gasteiger partial charge is 0.343 e. The van der Waals surface area contributed by atoms with Gasteiger partial charge in [-0.25, -0.2) is 4.79 Å². The minimum Gasteiger partial charge on any atom is -0.494 e. The first-order valence-electron chi connectivity index (χ1n) is 16.4. The predicted molar refractivity (Wildman–Crippen MR) is 175 cm³/mol. The van der Waals surface area contributed by atoms with Crippen LogP contribution in [0.2, 0.25) is 0 Å². The van der Waals surface area contributed by atoms with E-state index in [9.17, 15) is 4.79 Å². The third-order valence-corrected chi connectivity index (χ3v) is 7.29. The summed E-state index contributed by atoms with van der Waals surface area (Å²) in [6, 6.07) is 21.6. The van der Waals surface area contributed by atoms with E-state index >= 15 is 0 Å². The van der Waals surface area contributed by atoms with Gasteiger partial charge in [0.05, 0.1) is 30.2 Å². The fraction of sp³-hybridized carbons (Fsp3) is 0.486. The van der Waals surface area contributed by atoms with E-state index in [0.29, 0.717) is 30.2 Å². The quantitative estimate of drug-likeness (QED) is 0.0508. The molecule has 6 heteroatoms. The SMILES string of the molecule is CCCCCCCCCCCCCCOc1ccc(C(=O)Oc2ccc(N=Nc3ccc(OCCCC)cc3)cc2)cc1. The third kappa shape index (κ3) is 14.4. The Morgan fingerprint density at radius 2 is 0.884 bits per heavy atom. The number of nitrogens with zero attached hydrogens (tertiary/aromatic N) is 2. The molecule has 0 N–H and O–H groups in total. The van der Waals surface area contributed by atoms with Gasteiger partial charge in [0.1, 0.15) is 17.2 Å². The molecule has 0 amide bonds. The maximum absolute atomic E-state index is 12.6. The zero-order valence-electron chi connectivity index (χ0n) is 26.3. The maximum atomic E-state index is 12.6. The molecule has 0 heterocycles. The highest BCUT2D eigenvalue weighted by atomic mass is 16.5. The van der Waals surface area contributed by atoms with Gasteiger partial charge in [0.25, 0.3) is 0 Å². The van der Waals surface area contributed by atoms with Gasteiger partial charge < -0.3 is 14.2 Å². The van der Waals surface area contributed by atoms with Crippen molar-refractivity contribution in [2.75, 3.05) is 13.2 Å². The van der Waals surface area contributed by atoms with E-state index in [1.807, 2.05) is 36.4 Å². The van der Waals surface area contributed by atoms with Crippen LogP contribution in [0.15, 0.2) is 83.0 Å². The van der Waals surface area contributed by atoms with Crippen LogP contribution in [0.4, 0.5) is 11.4 Å². The Morgan fingerprint density at radius 1 is 0.488 bits per heavy atom. The summed E-state index contributed by atoms with van der Waals surface area (Å²) in [5, 5.41) is 8.53. The van der Waals surface area contributed by atoms with Gasteiger partial charge in [0.15, 0.2) is 0 Å². The number of ether oxygens (including phenoxy) is 3. The van der Waals surface area contributed by atoms with Gasteiger partial charge in [0.2, 0.25) is 0 Å². The summed E-state index contributed by atoms with van der Waals surface area (Å²) in [7, 11) is 0. The first-order chi connectivity index (χ1) is 21.2. The summed E-state index contributed by atoms with van der Waals surface area (Å²) in [5.74, 6) is 1.64. The van der Waals surface area contributed by atoms with Gasteiger partial charge in [0, 0.05) is 0 Å². The molecule has 3 rings (SSSR count). The molecule has 3 aromatic carbocycles. The topological polar surface area (TPSA) is 69.5 Å². The number of hydrogen-bond acceptors (Lipinski definition) is 6. The molecule has 0 saturated heterocycles. The summed E-state index contributed by atoms with van der Waals surface area (Å²) < 4.78 is 17.1. The standard InChI is InChI=1S/C37H50N2O4/c1-3-5-7-8-9-10-11-12-13-14-15-16-30-42-34-23-17-31(18-24-34)37(40)43-36-27-21-33(22-28-36)39-38-32-19-25-35(26-20-32)41-29-6-4-2/h17-28H,3-16,29-30H2,1-2H3. The third-order valence-electron chi connectivity index (χ3n) is 7.29. The van der Waals surface area contributed by atoms with Crippen molar-refractivity contribution >= 4 is 17.3 Å². The molecule has 6 nitrogen and oxygen atoms in total. The van der Waals surface area contributed by atoms with E-state index < -0.39 is 5.97 Å². The molecule has 0 spiro atoms. The number of hydrogen-bond donors (Lipinski definition) is 0. The van der Waals surface area contributed by atoms with E-state index in [-0.39, 0.29) is 0 Å². The number of carbonyl (C=O) groups is 1. The summed E-state index contributed by atoms with van der Waals surface area (Å²) in [6.45, 7) is 5.82. The summed E-state index contributed by atoms with van der Waals surface area (Å²) in [4.78, 5) is 12.6. The number of rotatable bonds is 22. The van der Waals surface area contributed by atoms with Crippen LogP contribution >= 0.6 is 0 Å². The molecule has 0 aliphatic heterocycles. The van der Waals surface area contributed by atoms with Crippen molar-refractivity contribution in [1.29, 1.82) is 0 Å². The molecule has 0 aliphatic carbocycles. The average Bonchev–Trinajstić information content (AvgIpc) is 3.04. The van der Waals surface area contributed by atoms with Crippen LogP contribution in [0.25, 0.3) is 0 Å². The zero-order valence-corrected chi connectivity index (χ0v) is 26.3. The number of benzene rings is 3. The van der Waals surface area contributed by atoms with Crippen molar-refractivity contribution in [3.8, 4) is 17.2 Å². The molecule has 0 saturated carbocycles. The lowest BCUT2D eigenvalue weighted by Crippen LogP contribution is -2.08. The molecular weight excluding hydrogens is 536 g/mol. The van der Waals surface area contributed by atoms with Gasteiger partial charge >= 0.3 is 5.97 Å². The summed E-state index contributed by atoms with van der Waals surface area (Å²) >= 11 is 0. The Labute approximate surface area is 258 Å². The van der Waals surface area contributed by atoms with E-state index in [0.717, 1.165) is 36.4 Å². The monoisotopic (exact) mass is 586 g/mol. The largest absolute Gasteiger partial charge is 0.494 e. The molecule has 0 fully saturated rings. The highest BCUT2D eigenvalue weighted by Gasteiger charge is 2.09. The van der Waals surface area contributed by atoms with Crippen molar-refractivity contribution in [1.82, 2.24) is 0 Å². The summed E-state index contributed by atoms with van der Waals surface area (Å²) in [6.07, 6.45) is 18.0. The molecule has 0 atom stereocenters. The van der Waals surface area contributed by atoms with Crippen molar-refractivity contribution in [3.63, 3.8) is 0 Å². The number of azo groups is 1. The molecule has 0 bridgehead atoms. The van der Waals surface area contributed by atoms with Crippen LogP contribution in [0.1, 0.15) is 114 Å². The van der Waals surface area contributed by atoms with Crippen LogP contribution in [0, 0.1) is 0 Å². The fourth-order valence-electron chi connectivity index (χ4n) is 4.63. The normalized spacial score (nSPS) is 11.1. The van der Waals surface area contributed by atoms with Crippen LogP contribution in [-0.2, 0) is 0 Å². The van der Waals surface area contributed by atoms with Crippen LogP contribution in [0.3, 0.4) is 0 Å². The van der Waals surface area contributed by atoms with E-state index in [4.69, 9.17) is 14.2 Å². The lowest BCUT2D eigenvalue weighted by atomic mass is 10.1. The summed E-state index contributed by atoms with van der Waals surface area (Å²) in [5.41, 5.74) is 1.88. The second kappa shape index (κ2) is 21.1. The highest BCUT2D eigenvalue weighted by molar-refractivity contribution is 5.91. The zero-order chi connectivity index (χ0) is 30.4. The van der Waals surface area contributed by atoms with Crippen LogP contribution in [0.5, 0.6) is 17.2 Å². The second-order valence-corrected chi connectivity index (χ2v) is 11.0. The molecule has 232 valence electrons. The number of esters is 1. The molecule has 0 unspecified atom stereocenters. The first-order valence-corrected chi connectivity index (χ1v) is 16.4. The van der Waals surface area contributed by atoms with E-state index in [1.54, 1.807) is 36.4 Å². The average molecular weight is 587 g/mol. The number of carbonyl (C=O) groups excluding carboxylic acids is 1. The maximum Gasteiger partial charge on any atom is 0.343 e. The molecule has 0 aliphatic rings. The highest BCUT2D eigenvalue weighted by Crippen LogP contribution is 2.24. The van der Waals surface area contributed by atoms with E-state index in [1.165, 1.54) is 70.6 Å². The molecular formula is C37H50N2O4. The van der Waals surface area contributed by atoms with Gasteiger partial charge in [-0.1, -0.05) is 90.9 Å². The van der Waals surface area contributed by atoms with Crippen molar-refractivity contribution < 1.29 is 19.0 Å². The minimum absolute atomic E-state index is 0.414. The van der Waals surface area contributed by atoms with E-state index in [2.05, 4.69) is 24.1 Å². The molecule has 43 heavy (non-hydrogen) atoms. The van der Waals surface area contributed by atoms with Gasteiger partial charge in [-0.15, -0.1) is 0 Å². The lowest BCUT2D eigenvalue weighted by molar-refractivity contribution is 0.0734. The van der Waals surface area contributed by atoms with Crippen LogP contribution < -0.4 is 14.2 Å². The van der Waals surface area contributed by atoms with Gasteiger partial charge in [-0.2, -0.15) is 10.2 Å². The Kier molecular flexibility index (Phi) is 16.6.